The molecule has 1 saturated carbocycles. The van der Waals surface area contributed by atoms with Crippen LogP contribution in [0.1, 0.15) is 31.4 Å². The van der Waals surface area contributed by atoms with E-state index in [-0.39, 0.29) is 17.9 Å². The van der Waals surface area contributed by atoms with Crippen molar-refractivity contribution < 1.29 is 4.39 Å². The molecule has 0 heterocycles. The van der Waals surface area contributed by atoms with Gasteiger partial charge in [-0.15, -0.1) is 0 Å². The highest BCUT2D eigenvalue weighted by Gasteiger charge is 2.27. The van der Waals surface area contributed by atoms with Gasteiger partial charge in [0.15, 0.2) is 0 Å². The minimum atomic E-state index is -0.208. The standard InChI is InChI=1S/C14H21FN2/c1-10(17(2)9-11-3-4-11)14(16)12-5-7-13(15)8-6-12/h5-8,10-11,14H,3-4,9,16H2,1-2H3. The van der Waals surface area contributed by atoms with Crippen molar-refractivity contribution >= 4 is 0 Å². The van der Waals surface area contributed by atoms with Gasteiger partial charge >= 0.3 is 0 Å². The summed E-state index contributed by atoms with van der Waals surface area (Å²) >= 11 is 0. The van der Waals surface area contributed by atoms with Gasteiger partial charge in [0.1, 0.15) is 5.82 Å². The van der Waals surface area contributed by atoms with Crippen molar-refractivity contribution in [1.82, 2.24) is 4.90 Å². The van der Waals surface area contributed by atoms with Crippen LogP contribution in [0.3, 0.4) is 0 Å². The number of hydrogen-bond donors (Lipinski definition) is 1. The Balaban J connectivity index is 1.97. The Bertz CT molecular complexity index is 359. The fourth-order valence-corrected chi connectivity index (χ4v) is 2.11. The van der Waals surface area contributed by atoms with Crippen molar-refractivity contribution in [2.24, 2.45) is 11.7 Å². The van der Waals surface area contributed by atoms with Crippen LogP contribution in [-0.4, -0.2) is 24.5 Å². The van der Waals surface area contributed by atoms with Crippen LogP contribution in [0.4, 0.5) is 4.39 Å². The number of halogens is 1. The molecule has 0 aliphatic heterocycles. The molecule has 17 heavy (non-hydrogen) atoms. The number of benzene rings is 1. The van der Waals surface area contributed by atoms with Crippen molar-refractivity contribution in [3.8, 4) is 0 Å². The molecule has 2 unspecified atom stereocenters. The van der Waals surface area contributed by atoms with Crippen molar-refractivity contribution in [1.29, 1.82) is 0 Å². The highest BCUT2D eigenvalue weighted by Crippen LogP contribution is 2.30. The van der Waals surface area contributed by atoms with Crippen molar-refractivity contribution in [2.45, 2.75) is 31.8 Å². The van der Waals surface area contributed by atoms with Gasteiger partial charge in [0.2, 0.25) is 0 Å². The van der Waals surface area contributed by atoms with E-state index < -0.39 is 0 Å². The topological polar surface area (TPSA) is 29.3 Å². The van der Waals surface area contributed by atoms with Gasteiger partial charge in [-0.05, 0) is 50.4 Å². The Morgan fingerprint density at radius 2 is 1.94 bits per heavy atom. The smallest absolute Gasteiger partial charge is 0.123 e. The number of hydrogen-bond acceptors (Lipinski definition) is 2. The van der Waals surface area contributed by atoms with Crippen molar-refractivity contribution in [3.05, 3.63) is 35.6 Å². The van der Waals surface area contributed by atoms with Gasteiger partial charge in [-0.3, -0.25) is 0 Å². The zero-order valence-corrected chi connectivity index (χ0v) is 10.6. The molecule has 0 spiro atoms. The maximum atomic E-state index is 12.8. The number of likely N-dealkylation sites (N-methyl/N-ethyl adjacent to an activating group) is 1. The SMILES string of the molecule is CC(C(N)c1ccc(F)cc1)N(C)CC1CC1. The average molecular weight is 236 g/mol. The van der Waals surface area contributed by atoms with E-state index in [1.54, 1.807) is 12.1 Å². The summed E-state index contributed by atoms with van der Waals surface area (Å²) in [6.45, 7) is 3.26. The number of rotatable bonds is 5. The van der Waals surface area contributed by atoms with Crippen LogP contribution in [0, 0.1) is 11.7 Å². The van der Waals surface area contributed by atoms with Crippen LogP contribution in [0.25, 0.3) is 0 Å². The maximum Gasteiger partial charge on any atom is 0.123 e. The van der Waals surface area contributed by atoms with Gasteiger partial charge < -0.3 is 10.6 Å². The summed E-state index contributed by atoms with van der Waals surface area (Å²) in [6.07, 6.45) is 2.70. The third-order valence-corrected chi connectivity index (χ3v) is 3.71. The molecule has 1 aromatic rings. The lowest BCUT2D eigenvalue weighted by Crippen LogP contribution is -2.39. The van der Waals surface area contributed by atoms with Crippen molar-refractivity contribution in [2.75, 3.05) is 13.6 Å². The van der Waals surface area contributed by atoms with Gasteiger partial charge in [0, 0.05) is 18.6 Å². The van der Waals surface area contributed by atoms with E-state index in [2.05, 4.69) is 18.9 Å². The highest BCUT2D eigenvalue weighted by molar-refractivity contribution is 5.20. The third-order valence-electron chi connectivity index (χ3n) is 3.71. The second-order valence-corrected chi connectivity index (χ2v) is 5.20. The fraction of sp³-hybridized carbons (Fsp3) is 0.571. The number of nitrogens with two attached hydrogens (primary N) is 1. The minimum absolute atomic E-state index is 0.0562. The third kappa shape index (κ3) is 3.27. The van der Waals surface area contributed by atoms with E-state index in [0.717, 1.165) is 18.0 Å². The van der Waals surface area contributed by atoms with Gasteiger partial charge in [0.25, 0.3) is 0 Å². The van der Waals surface area contributed by atoms with E-state index in [1.165, 1.54) is 25.0 Å². The predicted octanol–water partition coefficient (Wildman–Crippen LogP) is 2.56. The second kappa shape index (κ2) is 5.15. The Kier molecular flexibility index (Phi) is 3.79. The zero-order valence-electron chi connectivity index (χ0n) is 10.6. The maximum absolute atomic E-state index is 12.8. The first-order valence-electron chi connectivity index (χ1n) is 6.29. The van der Waals surface area contributed by atoms with Crippen LogP contribution < -0.4 is 5.73 Å². The molecular formula is C14H21FN2. The van der Waals surface area contributed by atoms with Crippen LogP contribution in [0.15, 0.2) is 24.3 Å². The molecule has 0 aromatic heterocycles. The first-order valence-corrected chi connectivity index (χ1v) is 6.29. The summed E-state index contributed by atoms with van der Waals surface area (Å²) in [5.74, 6) is 0.655. The van der Waals surface area contributed by atoms with Crippen LogP contribution in [0.2, 0.25) is 0 Å². The zero-order chi connectivity index (χ0) is 12.4. The molecule has 1 fully saturated rings. The molecule has 1 aliphatic rings. The summed E-state index contributed by atoms with van der Waals surface area (Å²) in [5.41, 5.74) is 7.22. The van der Waals surface area contributed by atoms with Gasteiger partial charge in [-0.25, -0.2) is 4.39 Å². The molecule has 2 rings (SSSR count). The molecule has 2 nitrogen and oxygen atoms in total. The van der Waals surface area contributed by atoms with E-state index in [4.69, 9.17) is 5.73 Å². The molecule has 94 valence electrons. The van der Waals surface area contributed by atoms with Crippen LogP contribution >= 0.6 is 0 Å². The first-order chi connectivity index (χ1) is 8.08. The molecule has 0 radical (unpaired) electrons. The van der Waals surface area contributed by atoms with E-state index >= 15 is 0 Å². The Morgan fingerprint density at radius 3 is 2.47 bits per heavy atom. The molecular weight excluding hydrogens is 215 g/mol. The molecule has 0 saturated heterocycles. The Hall–Kier alpha value is -0.930. The average Bonchev–Trinajstić information content (AvgIpc) is 3.12. The first kappa shape index (κ1) is 12.5. The monoisotopic (exact) mass is 236 g/mol. The summed E-state index contributed by atoms with van der Waals surface area (Å²) in [4.78, 5) is 2.31. The van der Waals surface area contributed by atoms with E-state index in [1.807, 2.05) is 0 Å². The quantitative estimate of drug-likeness (QED) is 0.851. The summed E-state index contributed by atoms with van der Waals surface area (Å²) in [7, 11) is 2.12. The van der Waals surface area contributed by atoms with Crippen LogP contribution in [-0.2, 0) is 0 Å². The molecule has 1 aromatic carbocycles. The second-order valence-electron chi connectivity index (χ2n) is 5.20. The minimum Gasteiger partial charge on any atom is -0.323 e. The summed E-state index contributed by atoms with van der Waals surface area (Å²) in [5, 5.41) is 0. The van der Waals surface area contributed by atoms with Gasteiger partial charge in [-0.1, -0.05) is 12.1 Å². The molecule has 3 heteroatoms. The summed E-state index contributed by atoms with van der Waals surface area (Å²) in [6, 6.07) is 6.73. The lowest BCUT2D eigenvalue weighted by molar-refractivity contribution is 0.218. The molecule has 2 atom stereocenters. The predicted molar refractivity (Wildman–Crippen MR) is 68.1 cm³/mol. The molecule has 1 aliphatic carbocycles. The largest absolute Gasteiger partial charge is 0.323 e. The molecule has 0 bridgehead atoms. The molecule has 0 amide bonds. The van der Waals surface area contributed by atoms with Crippen molar-refractivity contribution in [3.63, 3.8) is 0 Å². The fourth-order valence-electron chi connectivity index (χ4n) is 2.11. The highest BCUT2D eigenvalue weighted by atomic mass is 19.1. The van der Waals surface area contributed by atoms with E-state index in [9.17, 15) is 4.39 Å². The lowest BCUT2D eigenvalue weighted by atomic mass is 10.0. The van der Waals surface area contributed by atoms with E-state index in [0.29, 0.717) is 0 Å². The Labute approximate surface area is 103 Å². The number of nitrogens with zero attached hydrogens (tertiary/aromatic N) is 1. The van der Waals surface area contributed by atoms with Gasteiger partial charge in [0.05, 0.1) is 0 Å². The van der Waals surface area contributed by atoms with Gasteiger partial charge in [-0.2, -0.15) is 0 Å². The molecule has 2 N–H and O–H groups in total. The van der Waals surface area contributed by atoms with Crippen LogP contribution in [0.5, 0.6) is 0 Å². The Morgan fingerprint density at radius 1 is 1.35 bits per heavy atom. The normalized spacial score (nSPS) is 19.4. The summed E-state index contributed by atoms with van der Waals surface area (Å²) < 4.78 is 12.8. The lowest BCUT2D eigenvalue weighted by Gasteiger charge is -2.30.